The van der Waals surface area contributed by atoms with Crippen molar-refractivity contribution in [1.29, 1.82) is 0 Å². The van der Waals surface area contributed by atoms with Gasteiger partial charge in [-0.05, 0) is 27.2 Å². The SMILES string of the molecule is CC(C)(C)OC(=O)N1CCC(N2CCN(N=O)CC2)C(F)(F)C1. The maximum absolute atomic E-state index is 14.5. The van der Waals surface area contributed by atoms with E-state index in [1.807, 2.05) is 0 Å². The van der Waals surface area contributed by atoms with Gasteiger partial charge in [0.05, 0.1) is 31.0 Å². The van der Waals surface area contributed by atoms with E-state index in [4.69, 9.17) is 4.74 Å². The first kappa shape index (κ1) is 17.8. The number of carbonyl (C=O) groups excluding carboxylic acids is 1. The molecule has 132 valence electrons. The summed E-state index contributed by atoms with van der Waals surface area (Å²) in [5.41, 5.74) is -0.707. The first-order valence-electron chi connectivity index (χ1n) is 7.80. The Hall–Kier alpha value is -1.51. The summed E-state index contributed by atoms with van der Waals surface area (Å²) < 4.78 is 34.1. The number of likely N-dealkylation sites (tertiary alicyclic amines) is 1. The van der Waals surface area contributed by atoms with Crippen LogP contribution in [0.2, 0.25) is 0 Å². The van der Waals surface area contributed by atoms with Crippen molar-refractivity contribution in [2.75, 3.05) is 39.3 Å². The molecular formula is C14H24F2N4O3. The van der Waals surface area contributed by atoms with Crippen LogP contribution in [0.5, 0.6) is 0 Å². The molecule has 0 N–H and O–H groups in total. The van der Waals surface area contributed by atoms with E-state index in [-0.39, 0.29) is 13.0 Å². The quantitative estimate of drug-likeness (QED) is 0.722. The molecule has 0 saturated carbocycles. The average Bonchev–Trinajstić information content (AvgIpc) is 2.44. The van der Waals surface area contributed by atoms with Crippen molar-refractivity contribution in [2.24, 2.45) is 5.29 Å². The van der Waals surface area contributed by atoms with Crippen LogP contribution in [0.25, 0.3) is 0 Å². The van der Waals surface area contributed by atoms with E-state index in [2.05, 4.69) is 5.29 Å². The fourth-order valence-electron chi connectivity index (χ4n) is 2.96. The molecule has 2 rings (SSSR count). The first-order valence-corrected chi connectivity index (χ1v) is 7.80. The number of halogens is 2. The van der Waals surface area contributed by atoms with Crippen LogP contribution in [0.1, 0.15) is 27.2 Å². The van der Waals surface area contributed by atoms with Gasteiger partial charge in [0.2, 0.25) is 0 Å². The second-order valence-corrected chi connectivity index (χ2v) is 7.04. The van der Waals surface area contributed by atoms with Gasteiger partial charge in [-0.1, -0.05) is 0 Å². The number of hydrogen-bond acceptors (Lipinski definition) is 5. The molecule has 1 amide bonds. The van der Waals surface area contributed by atoms with Crippen molar-refractivity contribution >= 4 is 6.09 Å². The number of hydrogen-bond donors (Lipinski definition) is 0. The highest BCUT2D eigenvalue weighted by Gasteiger charge is 2.49. The molecule has 0 radical (unpaired) electrons. The number of carbonyl (C=O) groups is 1. The van der Waals surface area contributed by atoms with Gasteiger partial charge in [0.15, 0.2) is 0 Å². The third-order valence-corrected chi connectivity index (χ3v) is 4.06. The van der Waals surface area contributed by atoms with Crippen molar-refractivity contribution in [3.63, 3.8) is 0 Å². The minimum atomic E-state index is -3.01. The molecular weight excluding hydrogens is 310 g/mol. The van der Waals surface area contributed by atoms with E-state index in [9.17, 15) is 18.5 Å². The summed E-state index contributed by atoms with van der Waals surface area (Å²) in [7, 11) is 0. The van der Waals surface area contributed by atoms with E-state index in [1.54, 1.807) is 25.7 Å². The Morgan fingerprint density at radius 1 is 1.17 bits per heavy atom. The molecule has 1 atom stereocenters. The molecule has 7 nitrogen and oxygen atoms in total. The lowest BCUT2D eigenvalue weighted by Crippen LogP contribution is -2.62. The van der Waals surface area contributed by atoms with Crippen LogP contribution in [0.15, 0.2) is 5.29 Å². The Labute approximate surface area is 134 Å². The number of rotatable bonds is 2. The molecule has 0 aromatic heterocycles. The summed E-state index contributed by atoms with van der Waals surface area (Å²) in [4.78, 5) is 25.2. The van der Waals surface area contributed by atoms with Crippen molar-refractivity contribution in [3.8, 4) is 0 Å². The fraction of sp³-hybridized carbons (Fsp3) is 0.929. The molecule has 0 aromatic carbocycles. The Balaban J connectivity index is 1.95. The zero-order valence-electron chi connectivity index (χ0n) is 13.8. The summed E-state index contributed by atoms with van der Waals surface area (Å²) in [5, 5.41) is 4.17. The third-order valence-electron chi connectivity index (χ3n) is 4.06. The van der Waals surface area contributed by atoms with E-state index in [0.29, 0.717) is 26.2 Å². The van der Waals surface area contributed by atoms with Crippen LogP contribution < -0.4 is 0 Å². The summed E-state index contributed by atoms with van der Waals surface area (Å²) >= 11 is 0. The van der Waals surface area contributed by atoms with Crippen LogP contribution in [-0.2, 0) is 4.74 Å². The smallest absolute Gasteiger partial charge is 0.410 e. The summed E-state index contributed by atoms with van der Waals surface area (Å²) in [6.45, 7) is 6.16. The largest absolute Gasteiger partial charge is 0.444 e. The van der Waals surface area contributed by atoms with Crippen molar-refractivity contribution in [2.45, 2.75) is 44.8 Å². The maximum atomic E-state index is 14.5. The van der Waals surface area contributed by atoms with Crippen LogP contribution in [0, 0.1) is 4.91 Å². The third kappa shape index (κ3) is 4.49. The first-order chi connectivity index (χ1) is 10.6. The number of amides is 1. The predicted octanol–water partition coefficient (Wildman–Crippen LogP) is 1.93. The Kier molecular flexibility index (Phi) is 5.07. The molecule has 2 fully saturated rings. The van der Waals surface area contributed by atoms with Gasteiger partial charge in [-0.2, -0.15) is 0 Å². The van der Waals surface area contributed by atoms with Crippen LogP contribution in [-0.4, -0.2) is 77.7 Å². The maximum Gasteiger partial charge on any atom is 0.410 e. The zero-order valence-corrected chi connectivity index (χ0v) is 13.8. The molecule has 2 heterocycles. The molecule has 0 aliphatic carbocycles. The molecule has 2 saturated heterocycles. The molecule has 0 spiro atoms. The van der Waals surface area contributed by atoms with Gasteiger partial charge >= 0.3 is 6.09 Å². The van der Waals surface area contributed by atoms with Gasteiger partial charge in [0.1, 0.15) is 5.60 Å². The Bertz CT molecular complexity index is 448. The number of piperidine rings is 1. The number of nitrogens with zero attached hydrogens (tertiary/aromatic N) is 4. The predicted molar refractivity (Wildman–Crippen MR) is 80.1 cm³/mol. The second-order valence-electron chi connectivity index (χ2n) is 7.04. The highest BCUT2D eigenvalue weighted by Crippen LogP contribution is 2.32. The van der Waals surface area contributed by atoms with E-state index in [0.717, 1.165) is 4.90 Å². The van der Waals surface area contributed by atoms with Crippen LogP contribution in [0.4, 0.5) is 13.6 Å². The van der Waals surface area contributed by atoms with Crippen LogP contribution >= 0.6 is 0 Å². The van der Waals surface area contributed by atoms with Crippen molar-refractivity contribution in [1.82, 2.24) is 14.8 Å². The Morgan fingerprint density at radius 2 is 1.78 bits per heavy atom. The number of ether oxygens (including phenoxy) is 1. The number of alkyl halides is 2. The molecule has 0 aromatic rings. The van der Waals surface area contributed by atoms with E-state index < -0.39 is 30.2 Å². The number of piperazine rings is 1. The average molecular weight is 334 g/mol. The topological polar surface area (TPSA) is 65.5 Å². The Morgan fingerprint density at radius 3 is 2.26 bits per heavy atom. The van der Waals surface area contributed by atoms with Gasteiger partial charge in [-0.15, -0.1) is 4.91 Å². The van der Waals surface area contributed by atoms with Gasteiger partial charge in [-0.25, -0.2) is 13.6 Å². The molecule has 0 bridgehead atoms. The second kappa shape index (κ2) is 6.54. The highest BCUT2D eigenvalue weighted by molar-refractivity contribution is 5.68. The molecule has 2 aliphatic heterocycles. The van der Waals surface area contributed by atoms with Gasteiger partial charge < -0.3 is 9.64 Å². The number of nitroso groups, excluding NO2 is 1. The standard InChI is InChI=1S/C14H24F2N4O3/c1-13(2,3)23-12(21)19-5-4-11(14(15,16)10-19)18-6-8-20(17-22)9-7-18/h11H,4-10H2,1-3H3. The molecule has 23 heavy (non-hydrogen) atoms. The van der Waals surface area contributed by atoms with Crippen LogP contribution in [0.3, 0.4) is 0 Å². The fourth-order valence-corrected chi connectivity index (χ4v) is 2.96. The normalized spacial score (nSPS) is 26.0. The summed E-state index contributed by atoms with van der Waals surface area (Å²) in [5.74, 6) is -3.01. The molecule has 1 unspecified atom stereocenters. The summed E-state index contributed by atoms with van der Waals surface area (Å²) in [6.07, 6.45) is -0.522. The highest BCUT2D eigenvalue weighted by atomic mass is 19.3. The summed E-state index contributed by atoms with van der Waals surface area (Å²) in [6, 6.07) is -0.921. The lowest BCUT2D eigenvalue weighted by Gasteiger charge is -2.45. The van der Waals surface area contributed by atoms with Gasteiger partial charge in [0, 0.05) is 19.6 Å². The van der Waals surface area contributed by atoms with Gasteiger partial charge in [0.25, 0.3) is 5.92 Å². The van der Waals surface area contributed by atoms with E-state index in [1.165, 1.54) is 5.01 Å². The zero-order chi connectivity index (χ0) is 17.3. The minimum Gasteiger partial charge on any atom is -0.444 e. The minimum absolute atomic E-state index is 0.181. The monoisotopic (exact) mass is 334 g/mol. The van der Waals surface area contributed by atoms with E-state index >= 15 is 0 Å². The molecule has 2 aliphatic rings. The van der Waals surface area contributed by atoms with Crippen molar-refractivity contribution in [3.05, 3.63) is 4.91 Å². The lowest BCUT2D eigenvalue weighted by molar-refractivity contribution is -0.131. The van der Waals surface area contributed by atoms with Crippen molar-refractivity contribution < 1.29 is 18.3 Å². The van der Waals surface area contributed by atoms with Gasteiger partial charge in [-0.3, -0.25) is 9.91 Å². The lowest BCUT2D eigenvalue weighted by atomic mass is 9.98. The molecule has 9 heteroatoms.